The summed E-state index contributed by atoms with van der Waals surface area (Å²) in [5.74, 6) is 2.34. The van der Waals surface area contributed by atoms with Gasteiger partial charge in [-0.3, -0.25) is 0 Å². The first-order valence-electron chi connectivity index (χ1n) is 5.12. The fraction of sp³-hybridized carbons (Fsp3) is 0.455. The molecule has 0 aromatic heterocycles. The first-order chi connectivity index (χ1) is 7.66. The molecule has 0 radical (unpaired) electrons. The predicted molar refractivity (Wildman–Crippen MR) is 80.3 cm³/mol. The van der Waals surface area contributed by atoms with E-state index in [0.717, 1.165) is 23.1 Å². The highest BCUT2D eigenvalue weighted by molar-refractivity contribution is 9.10. The minimum atomic E-state index is 0.564. The molecule has 0 heterocycles. The molecule has 1 N–H and O–H groups in total. The monoisotopic (exact) mass is 341 g/mol. The Balaban J connectivity index is 2.45. The molecule has 0 aliphatic heterocycles. The minimum Gasteiger partial charge on any atom is -0.384 e. The van der Waals surface area contributed by atoms with Crippen molar-refractivity contribution in [3.05, 3.63) is 26.7 Å². The van der Waals surface area contributed by atoms with Crippen LogP contribution in [0.15, 0.2) is 16.6 Å². The summed E-state index contributed by atoms with van der Waals surface area (Å²) in [6.07, 6.45) is 1.13. The van der Waals surface area contributed by atoms with Crippen LogP contribution in [0, 0.1) is 0 Å². The molecule has 1 aromatic carbocycles. The van der Waals surface area contributed by atoms with Crippen molar-refractivity contribution in [2.24, 2.45) is 0 Å². The average Bonchev–Trinajstić information content (AvgIpc) is 2.28. The fourth-order valence-electron chi connectivity index (χ4n) is 1.20. The highest BCUT2D eigenvalue weighted by Crippen LogP contribution is 2.35. The lowest BCUT2D eigenvalue weighted by atomic mass is 10.3. The van der Waals surface area contributed by atoms with Crippen LogP contribution >= 0.6 is 50.9 Å². The van der Waals surface area contributed by atoms with Gasteiger partial charge in [0.15, 0.2) is 0 Å². The van der Waals surface area contributed by atoms with E-state index >= 15 is 0 Å². The summed E-state index contributed by atoms with van der Waals surface area (Å²) >= 11 is 17.4. The average molecular weight is 343 g/mol. The Morgan fingerprint density at radius 2 is 2.06 bits per heavy atom. The van der Waals surface area contributed by atoms with E-state index in [0.29, 0.717) is 10.0 Å². The third-order valence-electron chi connectivity index (χ3n) is 2.02. The summed E-state index contributed by atoms with van der Waals surface area (Å²) in [4.78, 5) is 0. The maximum atomic E-state index is 6.11. The van der Waals surface area contributed by atoms with Crippen molar-refractivity contribution in [3.63, 3.8) is 0 Å². The second-order valence-corrected chi connectivity index (χ2v) is 6.20. The first-order valence-corrected chi connectivity index (χ1v) is 7.82. The Kier molecular flexibility index (Phi) is 6.97. The fourth-order valence-corrected chi connectivity index (χ4v) is 2.68. The predicted octanol–water partition coefficient (Wildman–Crippen LogP) is 5.31. The number of halogens is 3. The molecule has 0 amide bonds. The summed E-state index contributed by atoms with van der Waals surface area (Å²) in [5, 5.41) is 4.44. The lowest BCUT2D eigenvalue weighted by Gasteiger charge is -2.10. The van der Waals surface area contributed by atoms with E-state index in [-0.39, 0.29) is 0 Å². The van der Waals surface area contributed by atoms with E-state index in [4.69, 9.17) is 23.2 Å². The zero-order valence-corrected chi connectivity index (χ0v) is 12.9. The van der Waals surface area contributed by atoms with Gasteiger partial charge in [0.2, 0.25) is 0 Å². The van der Waals surface area contributed by atoms with Gasteiger partial charge in [-0.15, -0.1) is 0 Å². The SMILES string of the molecule is CCSCCCNc1ccc(Br)c(Cl)c1Cl. The Bertz CT molecular complexity index is 347. The first kappa shape index (κ1) is 14.5. The van der Waals surface area contributed by atoms with E-state index in [1.54, 1.807) is 0 Å². The second kappa shape index (κ2) is 7.70. The van der Waals surface area contributed by atoms with Crippen LogP contribution in [-0.4, -0.2) is 18.1 Å². The third kappa shape index (κ3) is 4.36. The van der Waals surface area contributed by atoms with Gasteiger partial charge in [0.25, 0.3) is 0 Å². The highest BCUT2D eigenvalue weighted by atomic mass is 79.9. The molecule has 90 valence electrons. The maximum absolute atomic E-state index is 6.11. The van der Waals surface area contributed by atoms with E-state index in [1.165, 1.54) is 11.5 Å². The largest absolute Gasteiger partial charge is 0.384 e. The van der Waals surface area contributed by atoms with E-state index in [9.17, 15) is 0 Å². The van der Waals surface area contributed by atoms with Gasteiger partial charge >= 0.3 is 0 Å². The van der Waals surface area contributed by atoms with Crippen molar-refractivity contribution in [3.8, 4) is 0 Å². The number of hydrogen-bond donors (Lipinski definition) is 1. The second-order valence-electron chi connectivity index (χ2n) is 3.20. The van der Waals surface area contributed by atoms with Crippen molar-refractivity contribution in [2.45, 2.75) is 13.3 Å². The van der Waals surface area contributed by atoms with Crippen molar-refractivity contribution in [2.75, 3.05) is 23.4 Å². The topological polar surface area (TPSA) is 12.0 Å². The van der Waals surface area contributed by atoms with E-state index in [1.807, 2.05) is 23.9 Å². The molecule has 5 heteroatoms. The van der Waals surface area contributed by atoms with Crippen LogP contribution in [-0.2, 0) is 0 Å². The van der Waals surface area contributed by atoms with Crippen LogP contribution in [0.2, 0.25) is 10.0 Å². The molecule has 0 aliphatic rings. The molecule has 0 atom stereocenters. The number of rotatable bonds is 6. The van der Waals surface area contributed by atoms with Crippen molar-refractivity contribution in [1.29, 1.82) is 0 Å². The molecule has 1 nitrogen and oxygen atoms in total. The Hall–Kier alpha value is 0.430. The van der Waals surface area contributed by atoms with Crippen molar-refractivity contribution in [1.82, 2.24) is 0 Å². The number of anilines is 1. The molecule has 0 fully saturated rings. The van der Waals surface area contributed by atoms with Gasteiger partial charge in [0.05, 0.1) is 15.7 Å². The van der Waals surface area contributed by atoms with Crippen LogP contribution in [0.5, 0.6) is 0 Å². The standard InChI is InChI=1S/C11H14BrCl2NS/c1-2-16-7-3-6-15-9-5-4-8(12)10(13)11(9)14/h4-5,15H,2-3,6-7H2,1H3. The Morgan fingerprint density at radius 1 is 1.31 bits per heavy atom. The van der Waals surface area contributed by atoms with Gasteiger partial charge in [-0.05, 0) is 46.0 Å². The summed E-state index contributed by atoms with van der Waals surface area (Å²) in [6.45, 7) is 3.09. The third-order valence-corrected chi connectivity index (χ3v) is 4.78. The van der Waals surface area contributed by atoms with Gasteiger partial charge < -0.3 is 5.32 Å². The molecule has 0 spiro atoms. The highest BCUT2D eigenvalue weighted by Gasteiger charge is 2.07. The lowest BCUT2D eigenvalue weighted by Crippen LogP contribution is -2.03. The maximum Gasteiger partial charge on any atom is 0.0835 e. The summed E-state index contributed by atoms with van der Waals surface area (Å²) in [6, 6.07) is 3.84. The number of benzene rings is 1. The number of nitrogens with one attached hydrogen (secondary N) is 1. The van der Waals surface area contributed by atoms with E-state index in [2.05, 4.69) is 28.2 Å². The molecule has 0 bridgehead atoms. The summed E-state index contributed by atoms with van der Waals surface area (Å²) < 4.78 is 0.825. The molecular formula is C11H14BrCl2NS. The zero-order valence-electron chi connectivity index (χ0n) is 9.03. The van der Waals surface area contributed by atoms with Gasteiger partial charge in [0, 0.05) is 11.0 Å². The number of hydrogen-bond acceptors (Lipinski definition) is 2. The van der Waals surface area contributed by atoms with Crippen LogP contribution in [0.25, 0.3) is 0 Å². The van der Waals surface area contributed by atoms with Crippen molar-refractivity contribution < 1.29 is 0 Å². The molecule has 16 heavy (non-hydrogen) atoms. The smallest absolute Gasteiger partial charge is 0.0835 e. The molecule has 0 saturated heterocycles. The molecule has 1 aromatic rings. The van der Waals surface area contributed by atoms with Crippen molar-refractivity contribution >= 4 is 56.6 Å². The Labute approximate surface area is 119 Å². The van der Waals surface area contributed by atoms with Gasteiger partial charge in [0.1, 0.15) is 0 Å². The van der Waals surface area contributed by atoms with Crippen LogP contribution in [0.3, 0.4) is 0 Å². The molecule has 0 aliphatic carbocycles. The normalized spacial score (nSPS) is 10.5. The molecule has 0 saturated carbocycles. The zero-order chi connectivity index (χ0) is 12.0. The van der Waals surface area contributed by atoms with Crippen LogP contribution < -0.4 is 5.32 Å². The minimum absolute atomic E-state index is 0.564. The van der Waals surface area contributed by atoms with Gasteiger partial charge in [-0.25, -0.2) is 0 Å². The molecule has 0 unspecified atom stereocenters. The molecule has 1 rings (SSSR count). The molecular weight excluding hydrogens is 329 g/mol. The summed E-state index contributed by atoms with van der Waals surface area (Å²) in [7, 11) is 0. The van der Waals surface area contributed by atoms with Crippen LogP contribution in [0.1, 0.15) is 13.3 Å². The number of thioether (sulfide) groups is 1. The van der Waals surface area contributed by atoms with Gasteiger partial charge in [-0.2, -0.15) is 11.8 Å². The van der Waals surface area contributed by atoms with Gasteiger partial charge in [-0.1, -0.05) is 30.1 Å². The summed E-state index contributed by atoms with van der Waals surface area (Å²) in [5.41, 5.74) is 0.899. The van der Waals surface area contributed by atoms with E-state index < -0.39 is 0 Å². The van der Waals surface area contributed by atoms with Crippen LogP contribution in [0.4, 0.5) is 5.69 Å². The Morgan fingerprint density at radius 3 is 2.75 bits per heavy atom. The quantitative estimate of drug-likeness (QED) is 0.555. The lowest BCUT2D eigenvalue weighted by molar-refractivity contribution is 0.992.